The van der Waals surface area contributed by atoms with E-state index in [1.54, 1.807) is 12.3 Å². The number of hydrogen-bond donors (Lipinski definition) is 1. The van der Waals surface area contributed by atoms with Crippen LogP contribution in [0.4, 0.5) is 5.95 Å². The van der Waals surface area contributed by atoms with Crippen LogP contribution in [-0.2, 0) is 13.1 Å². The molecule has 0 spiro atoms. The smallest absolute Gasteiger partial charge is 0.228 e. The second-order valence-electron chi connectivity index (χ2n) is 5.24. The Kier molecular flexibility index (Phi) is 5.11. The van der Waals surface area contributed by atoms with E-state index in [-0.39, 0.29) is 6.10 Å². The number of hydrogen-bond acceptors (Lipinski definition) is 5. The molecule has 0 aliphatic rings. The van der Waals surface area contributed by atoms with Gasteiger partial charge in [0.05, 0.1) is 6.10 Å². The van der Waals surface area contributed by atoms with E-state index < -0.39 is 0 Å². The molecule has 1 heterocycles. The molecule has 0 saturated heterocycles. The quantitative estimate of drug-likeness (QED) is 0.883. The van der Waals surface area contributed by atoms with E-state index >= 15 is 0 Å². The van der Waals surface area contributed by atoms with Crippen LogP contribution < -0.4 is 15.4 Å². The number of nitrogens with zero attached hydrogens (tertiary/aromatic N) is 3. The molecule has 5 nitrogen and oxygen atoms in total. The van der Waals surface area contributed by atoms with Gasteiger partial charge >= 0.3 is 0 Å². The zero-order chi connectivity index (χ0) is 15.2. The van der Waals surface area contributed by atoms with Crippen molar-refractivity contribution in [3.05, 3.63) is 47.7 Å². The van der Waals surface area contributed by atoms with Crippen LogP contribution in [0.15, 0.2) is 36.5 Å². The Labute approximate surface area is 125 Å². The lowest BCUT2D eigenvalue weighted by Crippen LogP contribution is -2.19. The molecule has 2 aromatic rings. The van der Waals surface area contributed by atoms with E-state index in [0.29, 0.717) is 18.4 Å². The van der Waals surface area contributed by atoms with E-state index in [9.17, 15) is 0 Å². The molecule has 5 heteroatoms. The summed E-state index contributed by atoms with van der Waals surface area (Å²) < 4.78 is 5.59. The van der Waals surface area contributed by atoms with Crippen molar-refractivity contribution in [1.82, 2.24) is 9.97 Å². The summed E-state index contributed by atoms with van der Waals surface area (Å²) in [6.07, 6.45) is 1.82. The molecule has 1 aromatic carbocycles. The predicted octanol–water partition coefficient (Wildman–Crippen LogP) is 2.36. The minimum Gasteiger partial charge on any atom is -0.475 e. The Bertz CT molecular complexity index is 569. The molecule has 1 aromatic heterocycles. The topological polar surface area (TPSA) is 64.3 Å². The molecule has 2 rings (SSSR count). The van der Waals surface area contributed by atoms with Gasteiger partial charge in [-0.25, -0.2) is 4.98 Å². The number of aromatic nitrogens is 2. The lowest BCUT2D eigenvalue weighted by atomic mass is 10.1. The van der Waals surface area contributed by atoms with E-state index in [1.165, 1.54) is 5.56 Å². The SMILES string of the molecule is CC(C)Oc1ccnc(N(C)Cc2ccc(CN)cc2)n1. The first-order valence-electron chi connectivity index (χ1n) is 7.07. The fraction of sp³-hybridized carbons (Fsp3) is 0.375. The monoisotopic (exact) mass is 286 g/mol. The van der Waals surface area contributed by atoms with E-state index in [4.69, 9.17) is 10.5 Å². The highest BCUT2D eigenvalue weighted by atomic mass is 16.5. The lowest BCUT2D eigenvalue weighted by Gasteiger charge is -2.18. The minimum atomic E-state index is 0.0989. The number of benzene rings is 1. The summed E-state index contributed by atoms with van der Waals surface area (Å²) in [5.41, 5.74) is 7.92. The molecule has 2 N–H and O–H groups in total. The van der Waals surface area contributed by atoms with E-state index in [1.807, 2.05) is 37.9 Å². The molecule has 21 heavy (non-hydrogen) atoms. The van der Waals surface area contributed by atoms with Crippen LogP contribution in [0.5, 0.6) is 5.88 Å². The Balaban J connectivity index is 2.06. The van der Waals surface area contributed by atoms with Crippen molar-refractivity contribution >= 4 is 5.95 Å². The second-order valence-corrected chi connectivity index (χ2v) is 5.24. The van der Waals surface area contributed by atoms with Crippen molar-refractivity contribution in [2.45, 2.75) is 33.0 Å². The Hall–Kier alpha value is -2.14. The Morgan fingerprint density at radius 1 is 1.14 bits per heavy atom. The minimum absolute atomic E-state index is 0.0989. The molecule has 0 aliphatic carbocycles. The van der Waals surface area contributed by atoms with E-state index in [0.717, 1.165) is 12.1 Å². The molecule has 0 fully saturated rings. The fourth-order valence-electron chi connectivity index (χ4n) is 1.95. The zero-order valence-electron chi connectivity index (χ0n) is 12.8. The fourth-order valence-corrected chi connectivity index (χ4v) is 1.95. The highest BCUT2D eigenvalue weighted by Gasteiger charge is 2.08. The number of rotatable bonds is 6. The van der Waals surface area contributed by atoms with Gasteiger partial charge < -0.3 is 15.4 Å². The first-order valence-corrected chi connectivity index (χ1v) is 7.07. The van der Waals surface area contributed by atoms with Crippen molar-refractivity contribution in [3.63, 3.8) is 0 Å². The average molecular weight is 286 g/mol. The predicted molar refractivity (Wildman–Crippen MR) is 84.2 cm³/mol. The molecule has 0 aliphatic heterocycles. The van der Waals surface area contributed by atoms with Gasteiger partial charge in [0.2, 0.25) is 11.8 Å². The van der Waals surface area contributed by atoms with Gasteiger partial charge in [0.15, 0.2) is 0 Å². The zero-order valence-corrected chi connectivity index (χ0v) is 12.8. The Morgan fingerprint density at radius 3 is 2.43 bits per heavy atom. The van der Waals surface area contributed by atoms with Gasteiger partial charge in [-0.15, -0.1) is 0 Å². The Morgan fingerprint density at radius 2 is 1.81 bits per heavy atom. The molecule has 0 bridgehead atoms. The van der Waals surface area contributed by atoms with Crippen LogP contribution in [0.2, 0.25) is 0 Å². The van der Waals surface area contributed by atoms with Crippen LogP contribution in [-0.4, -0.2) is 23.1 Å². The third-order valence-electron chi connectivity index (χ3n) is 2.99. The largest absolute Gasteiger partial charge is 0.475 e. The normalized spacial score (nSPS) is 10.7. The molecule has 0 atom stereocenters. The standard InChI is InChI=1S/C16H22N4O/c1-12(2)21-15-8-9-18-16(19-15)20(3)11-14-6-4-13(10-17)5-7-14/h4-9,12H,10-11,17H2,1-3H3. The number of ether oxygens (including phenoxy) is 1. The third kappa shape index (κ3) is 4.43. The van der Waals surface area contributed by atoms with Crippen LogP contribution in [0, 0.1) is 0 Å². The summed E-state index contributed by atoms with van der Waals surface area (Å²) in [5.74, 6) is 1.25. The van der Waals surface area contributed by atoms with Crippen molar-refractivity contribution in [1.29, 1.82) is 0 Å². The highest BCUT2D eigenvalue weighted by Crippen LogP contribution is 2.15. The molecule has 0 unspecified atom stereocenters. The molecule has 0 amide bonds. The summed E-state index contributed by atoms with van der Waals surface area (Å²) in [7, 11) is 1.96. The summed E-state index contributed by atoms with van der Waals surface area (Å²) in [5, 5.41) is 0. The van der Waals surface area contributed by atoms with Gasteiger partial charge in [0.1, 0.15) is 0 Å². The number of nitrogens with two attached hydrogens (primary N) is 1. The van der Waals surface area contributed by atoms with Crippen molar-refractivity contribution in [3.8, 4) is 5.88 Å². The van der Waals surface area contributed by atoms with Crippen LogP contribution in [0.25, 0.3) is 0 Å². The van der Waals surface area contributed by atoms with Crippen molar-refractivity contribution in [2.75, 3.05) is 11.9 Å². The molecular weight excluding hydrogens is 264 g/mol. The maximum Gasteiger partial charge on any atom is 0.228 e. The van der Waals surface area contributed by atoms with Gasteiger partial charge in [0.25, 0.3) is 0 Å². The summed E-state index contributed by atoms with van der Waals surface area (Å²) in [6.45, 7) is 5.25. The molecule has 0 saturated carbocycles. The molecule has 0 radical (unpaired) electrons. The first kappa shape index (κ1) is 15.3. The average Bonchev–Trinajstić information content (AvgIpc) is 2.47. The highest BCUT2D eigenvalue weighted by molar-refractivity contribution is 5.33. The maximum absolute atomic E-state index is 5.60. The maximum atomic E-state index is 5.60. The van der Waals surface area contributed by atoms with E-state index in [2.05, 4.69) is 22.1 Å². The van der Waals surface area contributed by atoms with Crippen LogP contribution in [0.3, 0.4) is 0 Å². The first-order chi connectivity index (χ1) is 10.1. The van der Waals surface area contributed by atoms with Crippen molar-refractivity contribution < 1.29 is 4.74 Å². The van der Waals surface area contributed by atoms with Crippen LogP contribution >= 0.6 is 0 Å². The van der Waals surface area contributed by atoms with Crippen molar-refractivity contribution in [2.24, 2.45) is 5.73 Å². The second kappa shape index (κ2) is 7.04. The summed E-state index contributed by atoms with van der Waals surface area (Å²) >= 11 is 0. The van der Waals surface area contributed by atoms with Gasteiger partial charge in [-0.05, 0) is 25.0 Å². The van der Waals surface area contributed by atoms with Gasteiger partial charge in [0, 0.05) is 32.4 Å². The number of anilines is 1. The lowest BCUT2D eigenvalue weighted by molar-refractivity contribution is 0.232. The molecular formula is C16H22N4O. The van der Waals surface area contributed by atoms with Crippen LogP contribution in [0.1, 0.15) is 25.0 Å². The van der Waals surface area contributed by atoms with Gasteiger partial charge in [-0.1, -0.05) is 24.3 Å². The molecule has 112 valence electrons. The summed E-state index contributed by atoms with van der Waals surface area (Å²) in [6, 6.07) is 10.0. The van der Waals surface area contributed by atoms with Gasteiger partial charge in [-0.3, -0.25) is 0 Å². The van der Waals surface area contributed by atoms with Gasteiger partial charge in [-0.2, -0.15) is 4.98 Å². The third-order valence-corrected chi connectivity index (χ3v) is 2.99. The summed E-state index contributed by atoms with van der Waals surface area (Å²) in [4.78, 5) is 10.7.